The second-order valence-corrected chi connectivity index (χ2v) is 8.77. The highest BCUT2D eigenvalue weighted by Gasteiger charge is 2.12. The second kappa shape index (κ2) is 10.7. The van der Waals surface area contributed by atoms with E-state index >= 15 is 0 Å². The Morgan fingerprint density at radius 1 is 1.13 bits per heavy atom. The third-order valence-electron chi connectivity index (χ3n) is 5.04. The van der Waals surface area contributed by atoms with Crippen LogP contribution < -0.4 is 10.1 Å². The number of carbonyl (C=O) groups excluding carboxylic acids is 1. The Morgan fingerprint density at radius 2 is 1.94 bits per heavy atom. The summed E-state index contributed by atoms with van der Waals surface area (Å²) in [5.74, 6) is 1.97. The Labute approximate surface area is 192 Å². The topological polar surface area (TPSA) is 69.0 Å². The third-order valence-corrected chi connectivity index (χ3v) is 6.47. The molecule has 0 unspecified atom stereocenters. The van der Waals surface area contributed by atoms with Crippen molar-refractivity contribution in [2.24, 2.45) is 7.05 Å². The first kappa shape index (κ1) is 23.2. The highest BCUT2D eigenvalue weighted by Crippen LogP contribution is 2.22. The number of methoxy groups -OCH3 is 1. The number of rotatable bonds is 9. The first-order chi connectivity index (χ1) is 14.9. The number of anilines is 1. The van der Waals surface area contributed by atoms with Crippen LogP contribution in [0.1, 0.15) is 28.9 Å². The molecule has 0 aliphatic carbocycles. The number of nitrogens with one attached hydrogen (secondary N) is 1. The number of nitrogens with zero attached hydrogens (tertiary/aromatic N) is 3. The van der Waals surface area contributed by atoms with Crippen molar-refractivity contribution in [3.63, 3.8) is 0 Å². The zero-order chi connectivity index (χ0) is 22.4. The first-order valence-electron chi connectivity index (χ1n) is 10.1. The van der Waals surface area contributed by atoms with Crippen LogP contribution in [0.2, 0.25) is 5.02 Å². The summed E-state index contributed by atoms with van der Waals surface area (Å²) in [4.78, 5) is 12.3. The molecular formula is C23H27ClN4O2S. The maximum atomic E-state index is 12.3. The van der Waals surface area contributed by atoms with E-state index < -0.39 is 0 Å². The molecule has 1 heterocycles. The fraction of sp³-hybridized carbons (Fsp3) is 0.348. The summed E-state index contributed by atoms with van der Waals surface area (Å²) in [6.07, 6.45) is 2.75. The summed E-state index contributed by atoms with van der Waals surface area (Å²) in [6.45, 7) is 3.98. The molecule has 164 valence electrons. The average molecular weight is 459 g/mol. The van der Waals surface area contributed by atoms with Crippen molar-refractivity contribution < 1.29 is 9.53 Å². The zero-order valence-electron chi connectivity index (χ0n) is 18.2. The lowest BCUT2D eigenvalue weighted by molar-refractivity contribution is -0.113. The quantitative estimate of drug-likeness (QED) is 0.457. The monoisotopic (exact) mass is 458 g/mol. The largest absolute Gasteiger partial charge is 0.496 e. The van der Waals surface area contributed by atoms with Crippen LogP contribution in [0.15, 0.2) is 41.6 Å². The van der Waals surface area contributed by atoms with Crippen LogP contribution in [-0.2, 0) is 24.7 Å². The Bertz CT molecular complexity index is 1070. The third kappa shape index (κ3) is 6.24. The minimum absolute atomic E-state index is 0.107. The van der Waals surface area contributed by atoms with Gasteiger partial charge in [-0.1, -0.05) is 41.6 Å². The van der Waals surface area contributed by atoms with Crippen molar-refractivity contribution >= 4 is 35.0 Å². The van der Waals surface area contributed by atoms with Crippen molar-refractivity contribution in [1.82, 2.24) is 14.8 Å². The molecule has 0 saturated carbocycles. The van der Waals surface area contributed by atoms with E-state index in [0.29, 0.717) is 10.7 Å². The van der Waals surface area contributed by atoms with E-state index in [1.807, 2.05) is 36.7 Å². The standard InChI is InChI=1S/C23H27ClN4O2S/c1-15-8-10-18(13-19(15)24)25-22(29)14-31-23-27-26-21(28(23)3)7-5-6-17-9-11-20(30-4)16(2)12-17/h8-13H,5-7,14H2,1-4H3,(H,25,29). The smallest absolute Gasteiger partial charge is 0.234 e. The number of hydrogen-bond donors (Lipinski definition) is 1. The van der Waals surface area contributed by atoms with Gasteiger partial charge in [-0.25, -0.2) is 0 Å². The van der Waals surface area contributed by atoms with Gasteiger partial charge in [-0.3, -0.25) is 4.79 Å². The Hall–Kier alpha value is -2.51. The van der Waals surface area contributed by atoms with E-state index in [-0.39, 0.29) is 11.7 Å². The van der Waals surface area contributed by atoms with Gasteiger partial charge in [0.15, 0.2) is 5.16 Å². The van der Waals surface area contributed by atoms with Gasteiger partial charge in [0.1, 0.15) is 11.6 Å². The van der Waals surface area contributed by atoms with Crippen LogP contribution in [-0.4, -0.2) is 33.5 Å². The van der Waals surface area contributed by atoms with Crippen LogP contribution in [0.3, 0.4) is 0 Å². The second-order valence-electron chi connectivity index (χ2n) is 7.42. The summed E-state index contributed by atoms with van der Waals surface area (Å²) >= 11 is 7.48. The van der Waals surface area contributed by atoms with Crippen molar-refractivity contribution in [3.05, 3.63) is 63.9 Å². The van der Waals surface area contributed by atoms with Crippen LogP contribution in [0.4, 0.5) is 5.69 Å². The summed E-state index contributed by atoms with van der Waals surface area (Å²) in [6, 6.07) is 11.8. The predicted molar refractivity (Wildman–Crippen MR) is 126 cm³/mol. The number of hydrogen-bond acceptors (Lipinski definition) is 5. The molecule has 8 heteroatoms. The molecule has 0 spiro atoms. The van der Waals surface area contributed by atoms with Gasteiger partial charge in [0.25, 0.3) is 0 Å². The molecule has 1 aromatic heterocycles. The Balaban J connectivity index is 1.48. The SMILES string of the molecule is COc1ccc(CCCc2nnc(SCC(=O)Nc3ccc(C)c(Cl)c3)n2C)cc1C. The normalized spacial score (nSPS) is 10.9. The fourth-order valence-corrected chi connectivity index (χ4v) is 4.14. The molecule has 0 bridgehead atoms. The lowest BCUT2D eigenvalue weighted by Gasteiger charge is -2.08. The number of carbonyl (C=O) groups is 1. The number of halogens is 1. The van der Waals surface area contributed by atoms with E-state index in [1.165, 1.54) is 17.3 Å². The van der Waals surface area contributed by atoms with Gasteiger partial charge in [0, 0.05) is 24.2 Å². The highest BCUT2D eigenvalue weighted by molar-refractivity contribution is 7.99. The van der Waals surface area contributed by atoms with E-state index in [1.54, 1.807) is 13.2 Å². The molecule has 0 saturated heterocycles. The van der Waals surface area contributed by atoms with E-state index in [2.05, 4.69) is 34.6 Å². The lowest BCUT2D eigenvalue weighted by Crippen LogP contribution is -2.14. The van der Waals surface area contributed by atoms with Gasteiger partial charge in [-0.2, -0.15) is 0 Å². The summed E-state index contributed by atoms with van der Waals surface area (Å²) < 4.78 is 7.28. The van der Waals surface area contributed by atoms with Gasteiger partial charge < -0.3 is 14.6 Å². The summed E-state index contributed by atoms with van der Waals surface area (Å²) in [7, 11) is 3.63. The minimum Gasteiger partial charge on any atom is -0.496 e. The molecule has 0 radical (unpaired) electrons. The van der Waals surface area contributed by atoms with Crippen LogP contribution in [0.25, 0.3) is 0 Å². The molecule has 3 rings (SSSR count). The van der Waals surface area contributed by atoms with Crippen LogP contribution in [0.5, 0.6) is 5.75 Å². The molecule has 3 aromatic rings. The molecule has 31 heavy (non-hydrogen) atoms. The maximum absolute atomic E-state index is 12.3. The first-order valence-corrected chi connectivity index (χ1v) is 11.4. The average Bonchev–Trinajstić information content (AvgIpc) is 3.09. The highest BCUT2D eigenvalue weighted by atomic mass is 35.5. The lowest BCUT2D eigenvalue weighted by atomic mass is 10.0. The molecular weight excluding hydrogens is 432 g/mol. The maximum Gasteiger partial charge on any atom is 0.234 e. The molecule has 2 aromatic carbocycles. The number of benzene rings is 2. The van der Waals surface area contributed by atoms with Gasteiger partial charge in [0.2, 0.25) is 5.91 Å². The summed E-state index contributed by atoms with van der Waals surface area (Å²) in [5, 5.41) is 12.8. The van der Waals surface area contributed by atoms with Crippen molar-refractivity contribution in [2.45, 2.75) is 38.3 Å². The van der Waals surface area contributed by atoms with E-state index in [9.17, 15) is 4.79 Å². The van der Waals surface area contributed by atoms with E-state index in [4.69, 9.17) is 16.3 Å². The van der Waals surface area contributed by atoms with Gasteiger partial charge in [0.05, 0.1) is 12.9 Å². The fourth-order valence-electron chi connectivity index (χ4n) is 3.23. The summed E-state index contributed by atoms with van der Waals surface area (Å²) in [5.41, 5.74) is 4.09. The number of aryl methyl sites for hydroxylation is 4. The van der Waals surface area contributed by atoms with Crippen molar-refractivity contribution in [3.8, 4) is 5.75 Å². The molecule has 0 fully saturated rings. The number of thioether (sulfide) groups is 1. The van der Waals surface area contributed by atoms with Gasteiger partial charge in [-0.15, -0.1) is 10.2 Å². The van der Waals surface area contributed by atoms with Gasteiger partial charge >= 0.3 is 0 Å². The number of amides is 1. The zero-order valence-corrected chi connectivity index (χ0v) is 19.8. The van der Waals surface area contributed by atoms with Crippen molar-refractivity contribution in [2.75, 3.05) is 18.2 Å². The van der Waals surface area contributed by atoms with Crippen LogP contribution in [0, 0.1) is 13.8 Å². The number of aromatic nitrogens is 3. The van der Waals surface area contributed by atoms with E-state index in [0.717, 1.165) is 47.1 Å². The van der Waals surface area contributed by atoms with Crippen LogP contribution >= 0.6 is 23.4 Å². The molecule has 6 nitrogen and oxygen atoms in total. The molecule has 0 atom stereocenters. The predicted octanol–water partition coefficient (Wildman–Crippen LogP) is 5.00. The number of ether oxygens (including phenoxy) is 1. The molecule has 1 amide bonds. The molecule has 1 N–H and O–H groups in total. The molecule has 0 aliphatic rings. The Morgan fingerprint density at radius 3 is 2.65 bits per heavy atom. The minimum atomic E-state index is -0.107. The molecule has 0 aliphatic heterocycles. The van der Waals surface area contributed by atoms with Crippen molar-refractivity contribution in [1.29, 1.82) is 0 Å². The Kier molecular flexibility index (Phi) is 7.98. The van der Waals surface area contributed by atoms with Gasteiger partial charge in [-0.05, 0) is 61.6 Å².